The lowest BCUT2D eigenvalue weighted by molar-refractivity contribution is 0.0555. The summed E-state index contributed by atoms with van der Waals surface area (Å²) < 4.78 is 10.8. The highest BCUT2D eigenvalue weighted by Crippen LogP contribution is 2.26. The minimum absolute atomic E-state index is 0.107. The summed E-state index contributed by atoms with van der Waals surface area (Å²) in [6.45, 7) is 8.41. The van der Waals surface area contributed by atoms with Gasteiger partial charge in [-0.2, -0.15) is 4.98 Å². The molecular formula is C13H25N3O2. The van der Waals surface area contributed by atoms with Gasteiger partial charge in [-0.3, -0.25) is 0 Å². The van der Waals surface area contributed by atoms with Crippen molar-refractivity contribution in [2.75, 3.05) is 14.2 Å². The zero-order valence-electron chi connectivity index (χ0n) is 12.2. The van der Waals surface area contributed by atoms with Crippen LogP contribution in [0.3, 0.4) is 0 Å². The van der Waals surface area contributed by atoms with Gasteiger partial charge in [-0.1, -0.05) is 25.9 Å². The van der Waals surface area contributed by atoms with E-state index in [4.69, 9.17) is 9.26 Å². The lowest BCUT2D eigenvalue weighted by atomic mass is 9.98. The smallest absolute Gasteiger partial charge is 0.231 e. The molecule has 1 heterocycles. The van der Waals surface area contributed by atoms with Crippen molar-refractivity contribution < 1.29 is 9.26 Å². The second-order valence-corrected chi connectivity index (χ2v) is 4.98. The molecule has 0 bridgehead atoms. The summed E-state index contributed by atoms with van der Waals surface area (Å²) in [6.07, 6.45) is 0.855. The lowest BCUT2D eigenvalue weighted by Gasteiger charge is -2.18. The summed E-state index contributed by atoms with van der Waals surface area (Å²) in [6, 6.07) is 0.309. The number of rotatable bonds is 7. The first-order valence-electron chi connectivity index (χ1n) is 6.58. The number of nitrogens with zero attached hydrogens (tertiary/aromatic N) is 2. The van der Waals surface area contributed by atoms with Gasteiger partial charge >= 0.3 is 0 Å². The number of ether oxygens (including phenoxy) is 1. The summed E-state index contributed by atoms with van der Waals surface area (Å²) in [4.78, 5) is 4.50. The Morgan fingerprint density at radius 3 is 2.44 bits per heavy atom. The predicted octanol–water partition coefficient (Wildman–Crippen LogP) is 2.51. The van der Waals surface area contributed by atoms with Crippen molar-refractivity contribution in [3.05, 3.63) is 11.7 Å². The standard InChI is InChI=1S/C13H25N3O2/c1-7-10(9(4)14-5)13-15-12(16-18-13)11(17-6)8(2)3/h8-11,14H,7H2,1-6H3. The van der Waals surface area contributed by atoms with Crippen LogP contribution in [0.1, 0.15) is 57.9 Å². The molecule has 1 aromatic heterocycles. The number of hydrogen-bond acceptors (Lipinski definition) is 5. The van der Waals surface area contributed by atoms with Crippen LogP contribution in [-0.2, 0) is 4.74 Å². The highest BCUT2D eigenvalue weighted by molar-refractivity contribution is 5.00. The quantitative estimate of drug-likeness (QED) is 0.811. The normalized spacial score (nSPS) is 16.8. The third kappa shape index (κ3) is 3.29. The van der Waals surface area contributed by atoms with Crippen molar-refractivity contribution in [1.82, 2.24) is 15.5 Å². The summed E-state index contributed by atoms with van der Waals surface area (Å²) >= 11 is 0. The van der Waals surface area contributed by atoms with E-state index in [2.05, 4.69) is 43.2 Å². The number of likely N-dealkylation sites (N-methyl/N-ethyl adjacent to an activating group) is 1. The number of aromatic nitrogens is 2. The van der Waals surface area contributed by atoms with Crippen LogP contribution in [0.5, 0.6) is 0 Å². The Labute approximate surface area is 109 Å². The zero-order chi connectivity index (χ0) is 13.7. The average Bonchev–Trinajstić information content (AvgIpc) is 2.79. The summed E-state index contributed by atoms with van der Waals surface area (Å²) in [5.41, 5.74) is 0. The third-order valence-corrected chi connectivity index (χ3v) is 3.39. The molecule has 5 heteroatoms. The van der Waals surface area contributed by atoms with E-state index in [1.54, 1.807) is 7.11 Å². The minimum atomic E-state index is -0.107. The van der Waals surface area contributed by atoms with Crippen LogP contribution in [0.25, 0.3) is 0 Å². The largest absolute Gasteiger partial charge is 0.373 e. The van der Waals surface area contributed by atoms with E-state index in [9.17, 15) is 0 Å². The number of methoxy groups -OCH3 is 1. The first-order chi connectivity index (χ1) is 8.54. The molecule has 0 aliphatic carbocycles. The topological polar surface area (TPSA) is 60.2 Å². The van der Waals surface area contributed by atoms with Crippen LogP contribution in [0.15, 0.2) is 4.52 Å². The van der Waals surface area contributed by atoms with Crippen LogP contribution >= 0.6 is 0 Å². The van der Waals surface area contributed by atoms with Gasteiger partial charge in [0.1, 0.15) is 6.10 Å². The molecule has 0 aliphatic rings. The molecule has 18 heavy (non-hydrogen) atoms. The van der Waals surface area contributed by atoms with Gasteiger partial charge in [0.25, 0.3) is 0 Å². The van der Waals surface area contributed by atoms with Gasteiger partial charge in [-0.05, 0) is 26.3 Å². The Morgan fingerprint density at radius 2 is 2.00 bits per heavy atom. The van der Waals surface area contributed by atoms with E-state index in [1.165, 1.54) is 0 Å². The van der Waals surface area contributed by atoms with Crippen LogP contribution < -0.4 is 5.32 Å². The van der Waals surface area contributed by atoms with Crippen molar-refractivity contribution in [3.8, 4) is 0 Å². The van der Waals surface area contributed by atoms with Crippen LogP contribution in [0, 0.1) is 5.92 Å². The van der Waals surface area contributed by atoms with E-state index in [0.717, 1.165) is 6.42 Å². The first-order valence-corrected chi connectivity index (χ1v) is 6.58. The maximum atomic E-state index is 5.41. The fourth-order valence-corrected chi connectivity index (χ4v) is 2.13. The van der Waals surface area contributed by atoms with Crippen molar-refractivity contribution in [2.45, 2.75) is 52.2 Å². The fourth-order valence-electron chi connectivity index (χ4n) is 2.13. The Kier molecular flexibility index (Phi) is 5.75. The van der Waals surface area contributed by atoms with Crippen LogP contribution in [0.2, 0.25) is 0 Å². The lowest BCUT2D eigenvalue weighted by Crippen LogP contribution is -2.28. The molecule has 0 aliphatic heterocycles. The van der Waals surface area contributed by atoms with Crippen molar-refractivity contribution >= 4 is 0 Å². The zero-order valence-corrected chi connectivity index (χ0v) is 12.2. The summed E-state index contributed by atoms with van der Waals surface area (Å²) in [7, 11) is 3.62. The molecule has 0 fully saturated rings. The molecule has 0 saturated heterocycles. The van der Waals surface area contributed by atoms with E-state index in [1.807, 2.05) is 7.05 Å². The molecule has 0 amide bonds. The van der Waals surface area contributed by atoms with Gasteiger partial charge in [0.05, 0.1) is 5.92 Å². The van der Waals surface area contributed by atoms with Gasteiger partial charge in [-0.25, -0.2) is 0 Å². The Hall–Kier alpha value is -0.940. The predicted molar refractivity (Wildman–Crippen MR) is 70.4 cm³/mol. The van der Waals surface area contributed by atoms with Crippen molar-refractivity contribution in [1.29, 1.82) is 0 Å². The summed E-state index contributed by atoms with van der Waals surface area (Å²) in [5.74, 6) is 1.89. The molecule has 5 nitrogen and oxygen atoms in total. The second kappa shape index (κ2) is 6.85. The number of hydrogen-bond donors (Lipinski definition) is 1. The second-order valence-electron chi connectivity index (χ2n) is 4.98. The van der Waals surface area contributed by atoms with E-state index in [-0.39, 0.29) is 12.0 Å². The first kappa shape index (κ1) is 15.1. The molecule has 3 atom stereocenters. The van der Waals surface area contributed by atoms with Gasteiger partial charge in [0, 0.05) is 13.2 Å². The Morgan fingerprint density at radius 1 is 1.33 bits per heavy atom. The Bertz CT molecular complexity index is 352. The molecule has 1 rings (SSSR count). The average molecular weight is 255 g/mol. The molecule has 0 radical (unpaired) electrons. The molecule has 0 spiro atoms. The fraction of sp³-hybridized carbons (Fsp3) is 0.846. The molecule has 3 unspecified atom stereocenters. The van der Waals surface area contributed by atoms with E-state index < -0.39 is 0 Å². The number of nitrogens with one attached hydrogen (secondary N) is 1. The maximum Gasteiger partial charge on any atom is 0.231 e. The molecule has 0 aromatic carbocycles. The summed E-state index contributed by atoms with van der Waals surface area (Å²) in [5, 5.41) is 7.29. The van der Waals surface area contributed by atoms with Crippen molar-refractivity contribution in [3.63, 3.8) is 0 Å². The SMILES string of the molecule is CCC(c1nc(C(OC)C(C)C)no1)C(C)NC. The molecule has 0 saturated carbocycles. The van der Waals surface area contributed by atoms with E-state index in [0.29, 0.717) is 23.7 Å². The molecule has 104 valence electrons. The monoisotopic (exact) mass is 255 g/mol. The van der Waals surface area contributed by atoms with Gasteiger partial charge < -0.3 is 14.6 Å². The Balaban J connectivity index is 2.90. The maximum absolute atomic E-state index is 5.41. The van der Waals surface area contributed by atoms with Gasteiger partial charge in [-0.15, -0.1) is 0 Å². The third-order valence-electron chi connectivity index (χ3n) is 3.39. The molecular weight excluding hydrogens is 230 g/mol. The minimum Gasteiger partial charge on any atom is -0.373 e. The van der Waals surface area contributed by atoms with Crippen molar-refractivity contribution in [2.24, 2.45) is 5.92 Å². The highest BCUT2D eigenvalue weighted by atomic mass is 16.5. The van der Waals surface area contributed by atoms with Gasteiger partial charge in [0.2, 0.25) is 11.7 Å². The van der Waals surface area contributed by atoms with Gasteiger partial charge in [0.15, 0.2) is 0 Å². The molecule has 1 N–H and O–H groups in total. The van der Waals surface area contributed by atoms with Crippen LogP contribution in [0.4, 0.5) is 0 Å². The van der Waals surface area contributed by atoms with Crippen LogP contribution in [-0.4, -0.2) is 30.3 Å². The molecule has 1 aromatic rings. The van der Waals surface area contributed by atoms with E-state index >= 15 is 0 Å². The highest BCUT2D eigenvalue weighted by Gasteiger charge is 2.26.